The molecule has 3 nitrogen and oxygen atoms in total. The third kappa shape index (κ3) is 3.36. The van der Waals surface area contributed by atoms with Crippen LogP contribution in [0, 0.1) is 6.92 Å². The minimum atomic E-state index is 0.511. The summed E-state index contributed by atoms with van der Waals surface area (Å²) in [5, 5.41) is 1.04. The lowest BCUT2D eigenvalue weighted by atomic mass is 10.2. The average Bonchev–Trinajstić information content (AvgIpc) is 3.09. The summed E-state index contributed by atoms with van der Waals surface area (Å²) in [4.78, 5) is 9.05. The molecule has 26 heavy (non-hydrogen) atoms. The van der Waals surface area contributed by atoms with E-state index in [0.717, 1.165) is 33.5 Å². The van der Waals surface area contributed by atoms with Crippen molar-refractivity contribution in [3.8, 4) is 11.5 Å². The van der Waals surface area contributed by atoms with Crippen LogP contribution in [0.1, 0.15) is 11.1 Å². The predicted molar refractivity (Wildman–Crippen MR) is 108 cm³/mol. The SMILES string of the molecule is Cc1cccc2oc(-c3ccc(N=Cc4ccc(Cl)c(Cl)c4)cc3)nc12. The number of oxazole rings is 1. The third-order valence-corrected chi connectivity index (χ3v) is 4.78. The minimum absolute atomic E-state index is 0.511. The summed E-state index contributed by atoms with van der Waals surface area (Å²) in [6.45, 7) is 2.02. The molecular formula is C21H14Cl2N2O. The maximum Gasteiger partial charge on any atom is 0.227 e. The van der Waals surface area contributed by atoms with Gasteiger partial charge in [0, 0.05) is 11.8 Å². The number of hydrogen-bond acceptors (Lipinski definition) is 3. The zero-order chi connectivity index (χ0) is 18.1. The Morgan fingerprint density at radius 3 is 2.50 bits per heavy atom. The van der Waals surface area contributed by atoms with E-state index in [4.69, 9.17) is 27.6 Å². The number of benzene rings is 3. The first kappa shape index (κ1) is 16.8. The number of hydrogen-bond donors (Lipinski definition) is 0. The van der Waals surface area contributed by atoms with E-state index in [-0.39, 0.29) is 0 Å². The molecule has 1 aromatic heterocycles. The van der Waals surface area contributed by atoms with E-state index in [9.17, 15) is 0 Å². The summed E-state index contributed by atoms with van der Waals surface area (Å²) >= 11 is 11.9. The summed E-state index contributed by atoms with van der Waals surface area (Å²) in [5.41, 5.74) is 5.41. The molecule has 128 valence electrons. The Morgan fingerprint density at radius 1 is 0.962 bits per heavy atom. The number of aromatic nitrogens is 1. The van der Waals surface area contributed by atoms with E-state index in [1.54, 1.807) is 18.3 Å². The number of para-hydroxylation sites is 1. The van der Waals surface area contributed by atoms with Gasteiger partial charge in [0.05, 0.1) is 15.7 Å². The van der Waals surface area contributed by atoms with Crippen molar-refractivity contribution < 1.29 is 4.42 Å². The van der Waals surface area contributed by atoms with Crippen molar-refractivity contribution in [2.75, 3.05) is 0 Å². The van der Waals surface area contributed by atoms with Gasteiger partial charge in [-0.2, -0.15) is 0 Å². The largest absolute Gasteiger partial charge is 0.436 e. The highest BCUT2D eigenvalue weighted by Gasteiger charge is 2.09. The molecule has 0 aliphatic carbocycles. The molecule has 0 aliphatic rings. The van der Waals surface area contributed by atoms with Crippen LogP contribution in [-0.2, 0) is 0 Å². The van der Waals surface area contributed by atoms with Crippen LogP contribution < -0.4 is 0 Å². The van der Waals surface area contributed by atoms with Gasteiger partial charge in [-0.3, -0.25) is 4.99 Å². The Kier molecular flexibility index (Phi) is 4.49. The highest BCUT2D eigenvalue weighted by molar-refractivity contribution is 6.42. The fourth-order valence-corrected chi connectivity index (χ4v) is 2.95. The second-order valence-corrected chi connectivity index (χ2v) is 6.73. The molecule has 0 unspecified atom stereocenters. The molecule has 4 rings (SSSR count). The standard InChI is InChI=1S/C21H14Cl2N2O/c1-13-3-2-4-19-20(13)25-21(26-19)15-6-8-16(9-7-15)24-12-14-5-10-17(22)18(23)11-14/h2-12H,1H3. The summed E-state index contributed by atoms with van der Waals surface area (Å²) in [7, 11) is 0. The van der Waals surface area contributed by atoms with E-state index >= 15 is 0 Å². The van der Waals surface area contributed by atoms with Gasteiger partial charge >= 0.3 is 0 Å². The van der Waals surface area contributed by atoms with Gasteiger partial charge in [0.1, 0.15) is 5.52 Å². The summed E-state index contributed by atoms with van der Waals surface area (Å²) < 4.78 is 5.85. The molecule has 0 aliphatic heterocycles. The van der Waals surface area contributed by atoms with Gasteiger partial charge in [-0.25, -0.2) is 4.98 Å². The summed E-state index contributed by atoms with van der Waals surface area (Å²) in [6, 6.07) is 19.1. The minimum Gasteiger partial charge on any atom is -0.436 e. The van der Waals surface area contributed by atoms with Crippen LogP contribution in [0.3, 0.4) is 0 Å². The Bertz CT molecular complexity index is 1110. The third-order valence-electron chi connectivity index (χ3n) is 4.04. The van der Waals surface area contributed by atoms with Crippen molar-refractivity contribution in [3.63, 3.8) is 0 Å². The Balaban J connectivity index is 1.58. The smallest absolute Gasteiger partial charge is 0.227 e. The average molecular weight is 381 g/mol. The van der Waals surface area contributed by atoms with Crippen LogP contribution in [0.25, 0.3) is 22.6 Å². The molecule has 0 spiro atoms. The highest BCUT2D eigenvalue weighted by atomic mass is 35.5. The van der Waals surface area contributed by atoms with Crippen molar-refractivity contribution in [3.05, 3.63) is 81.8 Å². The molecule has 0 N–H and O–H groups in total. The zero-order valence-corrected chi connectivity index (χ0v) is 15.4. The van der Waals surface area contributed by atoms with Crippen LogP contribution in [0.2, 0.25) is 10.0 Å². The Hall–Kier alpha value is -2.62. The first-order valence-electron chi connectivity index (χ1n) is 8.06. The van der Waals surface area contributed by atoms with Crippen LogP contribution in [-0.4, -0.2) is 11.2 Å². The Morgan fingerprint density at radius 2 is 1.77 bits per heavy atom. The second kappa shape index (κ2) is 6.94. The molecule has 0 amide bonds. The van der Waals surface area contributed by atoms with Crippen LogP contribution in [0.5, 0.6) is 0 Å². The van der Waals surface area contributed by atoms with Crippen molar-refractivity contribution >= 4 is 46.2 Å². The lowest BCUT2D eigenvalue weighted by Crippen LogP contribution is -1.81. The van der Waals surface area contributed by atoms with Crippen molar-refractivity contribution in [1.29, 1.82) is 0 Å². The number of aryl methyl sites for hydroxylation is 1. The normalized spacial score (nSPS) is 11.5. The van der Waals surface area contributed by atoms with E-state index in [1.807, 2.05) is 55.5 Å². The first-order chi connectivity index (χ1) is 12.6. The van der Waals surface area contributed by atoms with Crippen molar-refractivity contribution in [1.82, 2.24) is 4.98 Å². The molecular weight excluding hydrogens is 367 g/mol. The number of fused-ring (bicyclic) bond motifs is 1. The molecule has 0 radical (unpaired) electrons. The second-order valence-electron chi connectivity index (χ2n) is 5.92. The lowest BCUT2D eigenvalue weighted by Gasteiger charge is -1.99. The van der Waals surface area contributed by atoms with E-state index in [0.29, 0.717) is 15.9 Å². The molecule has 0 bridgehead atoms. The van der Waals surface area contributed by atoms with Gasteiger partial charge in [0.25, 0.3) is 0 Å². The topological polar surface area (TPSA) is 38.4 Å². The maximum atomic E-state index is 6.02. The van der Waals surface area contributed by atoms with Crippen LogP contribution in [0.15, 0.2) is 70.1 Å². The van der Waals surface area contributed by atoms with Crippen molar-refractivity contribution in [2.45, 2.75) is 6.92 Å². The quantitative estimate of drug-likeness (QED) is 0.364. The van der Waals surface area contributed by atoms with Gasteiger partial charge in [-0.1, -0.05) is 41.4 Å². The van der Waals surface area contributed by atoms with Gasteiger partial charge in [-0.15, -0.1) is 0 Å². The fourth-order valence-electron chi connectivity index (χ4n) is 2.64. The Labute approximate surface area is 160 Å². The first-order valence-corrected chi connectivity index (χ1v) is 8.81. The number of rotatable bonds is 3. The van der Waals surface area contributed by atoms with Gasteiger partial charge in [-0.05, 0) is 60.5 Å². The van der Waals surface area contributed by atoms with E-state index in [1.165, 1.54) is 0 Å². The lowest BCUT2D eigenvalue weighted by molar-refractivity contribution is 0.620. The monoisotopic (exact) mass is 380 g/mol. The van der Waals surface area contributed by atoms with Crippen LogP contribution in [0.4, 0.5) is 5.69 Å². The van der Waals surface area contributed by atoms with E-state index < -0.39 is 0 Å². The molecule has 1 heterocycles. The highest BCUT2D eigenvalue weighted by Crippen LogP contribution is 2.27. The molecule has 3 aromatic carbocycles. The fraction of sp³-hybridized carbons (Fsp3) is 0.0476. The molecule has 0 saturated carbocycles. The number of nitrogens with zero attached hydrogens (tertiary/aromatic N) is 2. The molecule has 5 heteroatoms. The molecule has 0 atom stereocenters. The summed E-state index contributed by atoms with van der Waals surface area (Å²) in [6.07, 6.45) is 1.75. The zero-order valence-electron chi connectivity index (χ0n) is 13.9. The number of halogens is 2. The molecule has 4 aromatic rings. The molecule has 0 fully saturated rings. The number of aliphatic imine (C=N–C) groups is 1. The van der Waals surface area contributed by atoms with Crippen molar-refractivity contribution in [2.24, 2.45) is 4.99 Å². The van der Waals surface area contributed by atoms with Crippen LogP contribution >= 0.6 is 23.2 Å². The maximum absolute atomic E-state index is 6.02. The summed E-state index contributed by atoms with van der Waals surface area (Å²) in [5.74, 6) is 0.606. The molecule has 0 saturated heterocycles. The van der Waals surface area contributed by atoms with Gasteiger partial charge in [0.2, 0.25) is 5.89 Å². The van der Waals surface area contributed by atoms with Gasteiger partial charge in [0.15, 0.2) is 5.58 Å². The van der Waals surface area contributed by atoms with Gasteiger partial charge < -0.3 is 4.42 Å². The predicted octanol–water partition coefficient (Wildman–Crippen LogP) is 6.86. The van der Waals surface area contributed by atoms with E-state index in [2.05, 4.69) is 9.98 Å².